The Morgan fingerprint density at radius 3 is 2.70 bits per heavy atom. The van der Waals surface area contributed by atoms with E-state index in [2.05, 4.69) is 13.5 Å². The lowest BCUT2D eigenvalue weighted by Gasteiger charge is -1.96. The Morgan fingerprint density at radius 1 is 1.60 bits per heavy atom. The summed E-state index contributed by atoms with van der Waals surface area (Å²) in [5.74, 6) is 0.844. The molecule has 56 valence electrons. The Kier molecular flexibility index (Phi) is 5.54. The SMILES string of the molecule is C=C/C=C(\C=C/CC)OC. The molecule has 0 amide bonds. The summed E-state index contributed by atoms with van der Waals surface area (Å²) >= 11 is 0. The standard InChI is InChI=1S/C9H14O/c1-4-6-8-9(10-3)7-5-2/h5-8H,2,4H2,1,3H3/b8-6-,9-7+. The summed E-state index contributed by atoms with van der Waals surface area (Å²) in [6.45, 7) is 5.65. The van der Waals surface area contributed by atoms with Crippen LogP contribution in [0.25, 0.3) is 0 Å². The van der Waals surface area contributed by atoms with Crippen molar-refractivity contribution in [2.24, 2.45) is 0 Å². The molecule has 0 bridgehead atoms. The second-order valence-corrected chi connectivity index (χ2v) is 1.82. The third-order valence-corrected chi connectivity index (χ3v) is 1.04. The maximum absolute atomic E-state index is 5.00. The van der Waals surface area contributed by atoms with Crippen LogP contribution in [0.1, 0.15) is 13.3 Å². The predicted molar refractivity (Wildman–Crippen MR) is 44.7 cm³/mol. The van der Waals surface area contributed by atoms with Crippen LogP contribution in [-0.4, -0.2) is 7.11 Å². The van der Waals surface area contributed by atoms with Crippen LogP contribution in [-0.2, 0) is 4.74 Å². The van der Waals surface area contributed by atoms with E-state index in [-0.39, 0.29) is 0 Å². The van der Waals surface area contributed by atoms with Gasteiger partial charge < -0.3 is 4.74 Å². The molecule has 0 radical (unpaired) electrons. The first-order chi connectivity index (χ1) is 4.85. The molecular formula is C9H14O. The Labute approximate surface area is 62.7 Å². The van der Waals surface area contributed by atoms with E-state index in [9.17, 15) is 0 Å². The molecule has 0 aromatic carbocycles. The summed E-state index contributed by atoms with van der Waals surface area (Å²) in [6, 6.07) is 0. The highest BCUT2D eigenvalue weighted by Crippen LogP contribution is 1.97. The highest BCUT2D eigenvalue weighted by molar-refractivity contribution is 5.16. The zero-order valence-corrected chi connectivity index (χ0v) is 6.63. The van der Waals surface area contributed by atoms with Crippen LogP contribution in [0.2, 0.25) is 0 Å². The molecular weight excluding hydrogens is 124 g/mol. The maximum atomic E-state index is 5.00. The molecule has 0 spiro atoms. The number of methoxy groups -OCH3 is 1. The minimum Gasteiger partial charge on any atom is -0.497 e. The average Bonchev–Trinajstić information content (AvgIpc) is 1.98. The lowest BCUT2D eigenvalue weighted by molar-refractivity contribution is 0.307. The van der Waals surface area contributed by atoms with Crippen molar-refractivity contribution in [3.05, 3.63) is 36.6 Å². The van der Waals surface area contributed by atoms with Crippen molar-refractivity contribution in [2.75, 3.05) is 7.11 Å². The molecule has 0 saturated carbocycles. The van der Waals surface area contributed by atoms with Gasteiger partial charge in [0.15, 0.2) is 0 Å². The first-order valence-corrected chi connectivity index (χ1v) is 3.38. The molecule has 10 heavy (non-hydrogen) atoms. The van der Waals surface area contributed by atoms with Crippen molar-refractivity contribution in [3.8, 4) is 0 Å². The lowest BCUT2D eigenvalue weighted by Crippen LogP contribution is -1.79. The quantitative estimate of drug-likeness (QED) is 0.428. The van der Waals surface area contributed by atoms with Crippen LogP contribution in [0.5, 0.6) is 0 Å². The van der Waals surface area contributed by atoms with Crippen LogP contribution >= 0.6 is 0 Å². The fourth-order valence-electron chi connectivity index (χ4n) is 0.542. The first kappa shape index (κ1) is 9.02. The van der Waals surface area contributed by atoms with E-state index in [1.54, 1.807) is 13.2 Å². The smallest absolute Gasteiger partial charge is 0.118 e. The van der Waals surface area contributed by atoms with E-state index in [0.29, 0.717) is 0 Å². The van der Waals surface area contributed by atoms with Gasteiger partial charge in [-0.15, -0.1) is 0 Å². The van der Waals surface area contributed by atoms with Crippen molar-refractivity contribution in [1.29, 1.82) is 0 Å². The lowest BCUT2D eigenvalue weighted by atomic mass is 10.3. The van der Waals surface area contributed by atoms with E-state index in [4.69, 9.17) is 4.74 Å². The number of rotatable bonds is 4. The topological polar surface area (TPSA) is 9.23 Å². The monoisotopic (exact) mass is 138 g/mol. The minimum atomic E-state index is 0.844. The summed E-state index contributed by atoms with van der Waals surface area (Å²) < 4.78 is 5.00. The third-order valence-electron chi connectivity index (χ3n) is 1.04. The number of hydrogen-bond acceptors (Lipinski definition) is 1. The van der Waals surface area contributed by atoms with Gasteiger partial charge in [-0.1, -0.05) is 25.7 Å². The summed E-state index contributed by atoms with van der Waals surface area (Å²) in [6.07, 6.45) is 8.53. The van der Waals surface area contributed by atoms with Gasteiger partial charge in [-0.2, -0.15) is 0 Å². The van der Waals surface area contributed by atoms with Crippen LogP contribution in [0, 0.1) is 0 Å². The number of allylic oxidation sites excluding steroid dienone is 4. The van der Waals surface area contributed by atoms with Gasteiger partial charge in [0.25, 0.3) is 0 Å². The minimum absolute atomic E-state index is 0.844. The van der Waals surface area contributed by atoms with Gasteiger partial charge in [0.2, 0.25) is 0 Å². The normalized spacial score (nSPS) is 12.0. The number of ether oxygens (including phenoxy) is 1. The summed E-state index contributed by atoms with van der Waals surface area (Å²) in [4.78, 5) is 0. The summed E-state index contributed by atoms with van der Waals surface area (Å²) in [5, 5.41) is 0. The zero-order valence-electron chi connectivity index (χ0n) is 6.63. The Hall–Kier alpha value is -0.980. The fraction of sp³-hybridized carbons (Fsp3) is 0.333. The van der Waals surface area contributed by atoms with Crippen molar-refractivity contribution >= 4 is 0 Å². The molecule has 0 aliphatic carbocycles. The van der Waals surface area contributed by atoms with Crippen molar-refractivity contribution in [3.63, 3.8) is 0 Å². The molecule has 0 unspecified atom stereocenters. The second-order valence-electron chi connectivity index (χ2n) is 1.82. The first-order valence-electron chi connectivity index (χ1n) is 3.38. The fourth-order valence-corrected chi connectivity index (χ4v) is 0.542. The van der Waals surface area contributed by atoms with Gasteiger partial charge >= 0.3 is 0 Å². The molecule has 0 rings (SSSR count). The summed E-state index contributed by atoms with van der Waals surface area (Å²) in [7, 11) is 1.65. The molecule has 0 aromatic rings. The molecule has 0 aliphatic rings. The molecule has 0 fully saturated rings. The van der Waals surface area contributed by atoms with Gasteiger partial charge in [-0.05, 0) is 18.6 Å². The van der Waals surface area contributed by atoms with E-state index in [1.807, 2.05) is 18.2 Å². The van der Waals surface area contributed by atoms with Crippen molar-refractivity contribution in [1.82, 2.24) is 0 Å². The molecule has 0 aliphatic heterocycles. The largest absolute Gasteiger partial charge is 0.497 e. The van der Waals surface area contributed by atoms with Gasteiger partial charge in [-0.3, -0.25) is 0 Å². The van der Waals surface area contributed by atoms with Crippen LogP contribution in [0.15, 0.2) is 36.6 Å². The van der Waals surface area contributed by atoms with Crippen LogP contribution < -0.4 is 0 Å². The Balaban J connectivity index is 3.94. The van der Waals surface area contributed by atoms with Gasteiger partial charge in [-0.25, -0.2) is 0 Å². The predicted octanol–water partition coefficient (Wildman–Crippen LogP) is 2.67. The molecule has 0 heterocycles. The highest BCUT2D eigenvalue weighted by atomic mass is 16.5. The molecule has 0 saturated heterocycles. The Morgan fingerprint density at radius 2 is 2.30 bits per heavy atom. The van der Waals surface area contributed by atoms with E-state index in [0.717, 1.165) is 12.2 Å². The van der Waals surface area contributed by atoms with Crippen molar-refractivity contribution < 1.29 is 4.74 Å². The zero-order chi connectivity index (χ0) is 7.82. The van der Waals surface area contributed by atoms with Crippen LogP contribution in [0.4, 0.5) is 0 Å². The van der Waals surface area contributed by atoms with E-state index < -0.39 is 0 Å². The second kappa shape index (κ2) is 6.14. The molecule has 0 atom stereocenters. The third kappa shape index (κ3) is 3.96. The molecule has 1 heteroatoms. The molecule has 0 aromatic heterocycles. The van der Waals surface area contributed by atoms with E-state index >= 15 is 0 Å². The molecule has 0 N–H and O–H groups in total. The average molecular weight is 138 g/mol. The Bertz CT molecular complexity index is 143. The van der Waals surface area contributed by atoms with Gasteiger partial charge in [0.1, 0.15) is 5.76 Å². The highest BCUT2D eigenvalue weighted by Gasteiger charge is 1.82. The summed E-state index contributed by atoms with van der Waals surface area (Å²) in [5.41, 5.74) is 0. The van der Waals surface area contributed by atoms with Gasteiger partial charge in [0, 0.05) is 0 Å². The van der Waals surface area contributed by atoms with Gasteiger partial charge in [0.05, 0.1) is 7.11 Å². The van der Waals surface area contributed by atoms with E-state index in [1.165, 1.54) is 0 Å². The van der Waals surface area contributed by atoms with Crippen molar-refractivity contribution in [2.45, 2.75) is 13.3 Å². The maximum Gasteiger partial charge on any atom is 0.118 e. The van der Waals surface area contributed by atoms with Crippen LogP contribution in [0.3, 0.4) is 0 Å². The number of hydrogen-bond donors (Lipinski definition) is 0. The molecule has 1 nitrogen and oxygen atoms in total.